The minimum atomic E-state index is 0.244. The number of rotatable bonds is 9. The molecule has 0 atom stereocenters. The van der Waals surface area contributed by atoms with E-state index in [4.69, 9.17) is 9.47 Å². The molecule has 0 unspecified atom stereocenters. The molecule has 0 saturated heterocycles. The van der Waals surface area contributed by atoms with Crippen LogP contribution in [0.4, 0.5) is 0 Å². The van der Waals surface area contributed by atoms with Gasteiger partial charge in [-0.25, -0.2) is 4.98 Å². The maximum Gasteiger partial charge on any atom is 0.213 e. The maximum atomic E-state index is 5.48. The summed E-state index contributed by atoms with van der Waals surface area (Å²) >= 11 is 0. The quantitative estimate of drug-likeness (QED) is 0.685. The molecule has 0 aromatic carbocycles. The third-order valence-electron chi connectivity index (χ3n) is 2.34. The molecule has 1 aromatic rings. The first kappa shape index (κ1) is 14.9. The smallest absolute Gasteiger partial charge is 0.213 e. The summed E-state index contributed by atoms with van der Waals surface area (Å²) in [5.41, 5.74) is 1.18. The van der Waals surface area contributed by atoms with Crippen LogP contribution in [0.2, 0.25) is 0 Å². The maximum absolute atomic E-state index is 5.48. The van der Waals surface area contributed by atoms with Crippen molar-refractivity contribution in [3.05, 3.63) is 23.9 Å². The van der Waals surface area contributed by atoms with Crippen molar-refractivity contribution in [3.63, 3.8) is 0 Å². The van der Waals surface area contributed by atoms with E-state index in [0.717, 1.165) is 19.5 Å². The first-order valence-electron chi connectivity index (χ1n) is 6.62. The van der Waals surface area contributed by atoms with Gasteiger partial charge in [-0.1, -0.05) is 13.0 Å². The Kier molecular flexibility index (Phi) is 7.37. The molecule has 0 radical (unpaired) electrons. The predicted molar refractivity (Wildman–Crippen MR) is 72.8 cm³/mol. The number of nitrogens with zero attached hydrogens (tertiary/aromatic N) is 1. The summed E-state index contributed by atoms with van der Waals surface area (Å²) in [7, 11) is 0. The zero-order chi connectivity index (χ0) is 13.2. The molecule has 4 nitrogen and oxygen atoms in total. The molecule has 102 valence electrons. The van der Waals surface area contributed by atoms with Gasteiger partial charge in [-0.3, -0.25) is 0 Å². The fraction of sp³-hybridized carbons (Fsp3) is 0.643. The van der Waals surface area contributed by atoms with Crippen LogP contribution in [0.5, 0.6) is 5.88 Å². The van der Waals surface area contributed by atoms with E-state index in [2.05, 4.69) is 17.2 Å². The average molecular weight is 252 g/mol. The summed E-state index contributed by atoms with van der Waals surface area (Å²) < 4.78 is 10.9. The van der Waals surface area contributed by atoms with Crippen molar-refractivity contribution in [1.29, 1.82) is 0 Å². The number of nitrogens with one attached hydrogen (secondary N) is 1. The van der Waals surface area contributed by atoms with Gasteiger partial charge in [-0.2, -0.15) is 0 Å². The molecule has 1 rings (SSSR count). The topological polar surface area (TPSA) is 43.4 Å². The van der Waals surface area contributed by atoms with Gasteiger partial charge in [0.15, 0.2) is 0 Å². The molecule has 0 bridgehead atoms. The third kappa shape index (κ3) is 6.57. The van der Waals surface area contributed by atoms with Crippen LogP contribution in [0.1, 0.15) is 32.8 Å². The summed E-state index contributed by atoms with van der Waals surface area (Å²) in [4.78, 5) is 4.26. The van der Waals surface area contributed by atoms with E-state index in [1.165, 1.54) is 5.56 Å². The van der Waals surface area contributed by atoms with Gasteiger partial charge in [0, 0.05) is 18.8 Å². The van der Waals surface area contributed by atoms with Crippen LogP contribution in [0, 0.1) is 0 Å². The van der Waals surface area contributed by atoms with Gasteiger partial charge in [0.05, 0.1) is 12.7 Å². The molecule has 18 heavy (non-hydrogen) atoms. The first-order valence-corrected chi connectivity index (χ1v) is 6.62. The van der Waals surface area contributed by atoms with Crippen molar-refractivity contribution in [2.75, 3.05) is 19.8 Å². The van der Waals surface area contributed by atoms with E-state index in [9.17, 15) is 0 Å². The summed E-state index contributed by atoms with van der Waals surface area (Å²) in [5, 5.41) is 3.33. The highest BCUT2D eigenvalue weighted by Gasteiger charge is 1.98. The molecule has 4 heteroatoms. The van der Waals surface area contributed by atoms with Gasteiger partial charge in [0.25, 0.3) is 0 Å². The molecular weight excluding hydrogens is 228 g/mol. The molecule has 0 aliphatic carbocycles. The van der Waals surface area contributed by atoms with Gasteiger partial charge in [-0.05, 0) is 32.4 Å². The molecule has 0 fully saturated rings. The molecule has 1 N–H and O–H groups in total. The van der Waals surface area contributed by atoms with Crippen LogP contribution in [-0.4, -0.2) is 30.8 Å². The van der Waals surface area contributed by atoms with Crippen molar-refractivity contribution in [1.82, 2.24) is 10.3 Å². The number of aromatic nitrogens is 1. The van der Waals surface area contributed by atoms with Gasteiger partial charge in [0.1, 0.15) is 6.61 Å². The number of ether oxygens (including phenoxy) is 2. The predicted octanol–water partition coefficient (Wildman–Crippen LogP) is 2.39. The van der Waals surface area contributed by atoms with Crippen molar-refractivity contribution in [2.24, 2.45) is 0 Å². The molecule has 0 amide bonds. The fourth-order valence-corrected chi connectivity index (χ4v) is 1.44. The van der Waals surface area contributed by atoms with E-state index in [1.807, 2.05) is 32.2 Å². The lowest BCUT2D eigenvalue weighted by molar-refractivity contribution is 0.0542. The van der Waals surface area contributed by atoms with Crippen LogP contribution in [0.25, 0.3) is 0 Å². The fourth-order valence-electron chi connectivity index (χ4n) is 1.44. The Hall–Kier alpha value is -1.13. The highest BCUT2D eigenvalue weighted by molar-refractivity contribution is 5.17. The molecule has 0 saturated carbocycles. The van der Waals surface area contributed by atoms with Gasteiger partial charge < -0.3 is 14.8 Å². The summed E-state index contributed by atoms with van der Waals surface area (Å²) in [6, 6.07) is 3.94. The second kappa shape index (κ2) is 8.89. The van der Waals surface area contributed by atoms with Gasteiger partial charge >= 0.3 is 0 Å². The highest BCUT2D eigenvalue weighted by Crippen LogP contribution is 2.07. The number of hydrogen-bond donors (Lipinski definition) is 1. The Balaban J connectivity index is 2.23. The molecule has 0 spiro atoms. The van der Waals surface area contributed by atoms with Crippen molar-refractivity contribution >= 4 is 0 Å². The summed E-state index contributed by atoms with van der Waals surface area (Å²) in [6.45, 7) is 9.20. The zero-order valence-electron chi connectivity index (χ0n) is 11.6. The van der Waals surface area contributed by atoms with Crippen LogP contribution >= 0.6 is 0 Å². The van der Waals surface area contributed by atoms with Gasteiger partial charge in [-0.15, -0.1) is 0 Å². The van der Waals surface area contributed by atoms with E-state index < -0.39 is 0 Å². The van der Waals surface area contributed by atoms with Crippen LogP contribution in [0.3, 0.4) is 0 Å². The number of pyridine rings is 1. The Bertz CT molecular complexity index is 312. The van der Waals surface area contributed by atoms with Crippen LogP contribution in [0.15, 0.2) is 18.3 Å². The standard InChI is InChI=1S/C14H24N2O2/c1-4-7-15-10-13-5-6-14(16-11-13)18-9-8-17-12(2)3/h5-6,11-12,15H,4,7-10H2,1-3H3. The molecule has 0 aliphatic rings. The SMILES string of the molecule is CCCNCc1ccc(OCCOC(C)C)nc1. The lowest BCUT2D eigenvalue weighted by Crippen LogP contribution is -2.14. The monoisotopic (exact) mass is 252 g/mol. The Morgan fingerprint density at radius 1 is 1.28 bits per heavy atom. The average Bonchev–Trinajstić information content (AvgIpc) is 2.36. The lowest BCUT2D eigenvalue weighted by Gasteiger charge is -2.09. The molecule has 1 heterocycles. The Labute approximate surface area is 110 Å². The van der Waals surface area contributed by atoms with Crippen molar-refractivity contribution in [2.45, 2.75) is 39.8 Å². The van der Waals surface area contributed by atoms with E-state index in [1.54, 1.807) is 0 Å². The lowest BCUT2D eigenvalue weighted by atomic mass is 10.3. The summed E-state index contributed by atoms with van der Waals surface area (Å²) in [5.74, 6) is 0.654. The molecule has 0 aliphatic heterocycles. The number of hydrogen-bond acceptors (Lipinski definition) is 4. The normalized spacial score (nSPS) is 10.9. The van der Waals surface area contributed by atoms with E-state index in [-0.39, 0.29) is 6.10 Å². The Morgan fingerprint density at radius 2 is 2.11 bits per heavy atom. The molecule has 1 aromatic heterocycles. The van der Waals surface area contributed by atoms with Crippen LogP contribution in [-0.2, 0) is 11.3 Å². The van der Waals surface area contributed by atoms with Gasteiger partial charge in [0.2, 0.25) is 5.88 Å². The minimum absolute atomic E-state index is 0.244. The summed E-state index contributed by atoms with van der Waals surface area (Å²) in [6.07, 6.45) is 3.24. The van der Waals surface area contributed by atoms with Crippen molar-refractivity contribution < 1.29 is 9.47 Å². The second-order valence-electron chi connectivity index (χ2n) is 4.45. The second-order valence-corrected chi connectivity index (χ2v) is 4.45. The minimum Gasteiger partial charge on any atom is -0.475 e. The first-order chi connectivity index (χ1) is 8.72. The Morgan fingerprint density at radius 3 is 2.72 bits per heavy atom. The highest BCUT2D eigenvalue weighted by atomic mass is 16.5. The van der Waals surface area contributed by atoms with E-state index in [0.29, 0.717) is 19.1 Å². The zero-order valence-corrected chi connectivity index (χ0v) is 11.6. The van der Waals surface area contributed by atoms with Crippen LogP contribution < -0.4 is 10.1 Å². The third-order valence-corrected chi connectivity index (χ3v) is 2.34. The van der Waals surface area contributed by atoms with Crippen molar-refractivity contribution in [3.8, 4) is 5.88 Å². The molecular formula is C14H24N2O2. The largest absolute Gasteiger partial charge is 0.475 e. The van der Waals surface area contributed by atoms with E-state index >= 15 is 0 Å².